The number of primary amides is 1. The summed E-state index contributed by atoms with van der Waals surface area (Å²) in [6, 6.07) is 8.07. The Hall–Kier alpha value is -1.47. The fourth-order valence-electron chi connectivity index (χ4n) is 2.33. The van der Waals surface area contributed by atoms with Gasteiger partial charge in [-0.3, -0.25) is 4.79 Å². The summed E-state index contributed by atoms with van der Waals surface area (Å²) in [5, 5.41) is 0. The van der Waals surface area contributed by atoms with Gasteiger partial charge >= 0.3 is 0 Å². The maximum atomic E-state index is 13.4. The number of carbonyl (C=O) groups is 1. The summed E-state index contributed by atoms with van der Waals surface area (Å²) >= 11 is 0. The van der Waals surface area contributed by atoms with Crippen molar-refractivity contribution in [2.24, 2.45) is 5.73 Å². The van der Waals surface area contributed by atoms with Gasteiger partial charge in [-0.05, 0) is 12.0 Å². The fraction of sp³-hybridized carbons (Fsp3) is 0.462. The molecule has 1 amide bonds. The van der Waals surface area contributed by atoms with Crippen LogP contribution < -0.4 is 5.73 Å². The van der Waals surface area contributed by atoms with Crippen LogP contribution in [0.25, 0.3) is 0 Å². The van der Waals surface area contributed by atoms with Crippen molar-refractivity contribution in [1.82, 2.24) is 4.31 Å². The van der Waals surface area contributed by atoms with Crippen LogP contribution in [-0.4, -0.2) is 43.1 Å². The smallest absolute Gasteiger partial charge is 0.235 e. The minimum absolute atomic E-state index is 0.153. The zero-order valence-corrected chi connectivity index (χ0v) is 11.7. The number of amides is 1. The van der Waals surface area contributed by atoms with Crippen LogP contribution in [0, 0.1) is 0 Å². The van der Waals surface area contributed by atoms with E-state index in [4.69, 9.17) is 5.73 Å². The molecular weight excluding hydrogens is 283 g/mol. The molecule has 0 aromatic heterocycles. The van der Waals surface area contributed by atoms with Crippen LogP contribution in [0.15, 0.2) is 30.3 Å². The van der Waals surface area contributed by atoms with Crippen LogP contribution in [0.1, 0.15) is 12.0 Å². The van der Waals surface area contributed by atoms with Gasteiger partial charge in [0, 0.05) is 13.0 Å². The maximum Gasteiger partial charge on any atom is 0.235 e. The lowest BCUT2D eigenvalue weighted by atomic mass is 10.2. The molecule has 0 unspecified atom stereocenters. The van der Waals surface area contributed by atoms with Crippen LogP contribution in [0.3, 0.4) is 0 Å². The van der Waals surface area contributed by atoms with Gasteiger partial charge in [-0.1, -0.05) is 30.3 Å². The minimum atomic E-state index is -3.69. The van der Waals surface area contributed by atoms with Gasteiger partial charge in [0.1, 0.15) is 12.2 Å². The van der Waals surface area contributed by atoms with Gasteiger partial charge in [-0.2, -0.15) is 4.31 Å². The first-order chi connectivity index (χ1) is 9.40. The van der Waals surface area contributed by atoms with E-state index in [0.29, 0.717) is 6.42 Å². The van der Waals surface area contributed by atoms with E-state index in [1.807, 2.05) is 30.3 Å². The van der Waals surface area contributed by atoms with E-state index in [9.17, 15) is 17.6 Å². The van der Waals surface area contributed by atoms with Gasteiger partial charge in [0.15, 0.2) is 0 Å². The van der Waals surface area contributed by atoms with E-state index in [2.05, 4.69) is 0 Å². The van der Waals surface area contributed by atoms with E-state index < -0.39 is 28.1 Å². The molecule has 20 heavy (non-hydrogen) atoms. The average molecular weight is 300 g/mol. The molecule has 2 rings (SSSR count). The molecule has 0 saturated carbocycles. The lowest BCUT2D eigenvalue weighted by molar-refractivity contribution is -0.121. The first kappa shape index (κ1) is 14.9. The molecule has 2 N–H and O–H groups in total. The zero-order chi connectivity index (χ0) is 14.8. The molecule has 0 spiro atoms. The van der Waals surface area contributed by atoms with Gasteiger partial charge in [-0.15, -0.1) is 0 Å². The molecule has 1 aliphatic heterocycles. The molecule has 110 valence electrons. The van der Waals surface area contributed by atoms with Gasteiger partial charge in [0.25, 0.3) is 0 Å². The molecule has 1 heterocycles. The molecule has 0 radical (unpaired) electrons. The summed E-state index contributed by atoms with van der Waals surface area (Å²) in [6.45, 7) is -0.287. The second-order valence-corrected chi connectivity index (χ2v) is 6.91. The molecule has 1 aromatic carbocycles. The number of nitrogens with zero attached hydrogens (tertiary/aromatic N) is 1. The third-order valence-electron chi connectivity index (χ3n) is 3.38. The predicted molar refractivity (Wildman–Crippen MR) is 73.1 cm³/mol. The first-order valence-corrected chi connectivity index (χ1v) is 7.98. The van der Waals surface area contributed by atoms with Gasteiger partial charge in [0.05, 0.1) is 5.75 Å². The van der Waals surface area contributed by atoms with E-state index >= 15 is 0 Å². The van der Waals surface area contributed by atoms with Gasteiger partial charge in [-0.25, -0.2) is 12.8 Å². The Morgan fingerprint density at radius 1 is 1.35 bits per heavy atom. The second-order valence-electron chi connectivity index (χ2n) is 4.87. The van der Waals surface area contributed by atoms with E-state index in [1.165, 1.54) is 0 Å². The molecule has 0 aliphatic carbocycles. The number of hydrogen-bond acceptors (Lipinski definition) is 3. The van der Waals surface area contributed by atoms with Crippen LogP contribution in [0.5, 0.6) is 0 Å². The molecule has 5 nitrogen and oxygen atoms in total. The highest BCUT2D eigenvalue weighted by Gasteiger charge is 2.42. The van der Waals surface area contributed by atoms with Crippen molar-refractivity contribution in [2.45, 2.75) is 25.1 Å². The van der Waals surface area contributed by atoms with E-state index in [0.717, 1.165) is 9.87 Å². The summed E-state index contributed by atoms with van der Waals surface area (Å²) in [5.74, 6) is -0.957. The minimum Gasteiger partial charge on any atom is -0.368 e. The summed E-state index contributed by atoms with van der Waals surface area (Å²) in [6.07, 6.45) is -1.17. The maximum absolute atomic E-state index is 13.4. The number of sulfonamides is 1. The van der Waals surface area contributed by atoms with Crippen molar-refractivity contribution < 1.29 is 17.6 Å². The lowest BCUT2D eigenvalue weighted by Gasteiger charge is -2.21. The highest BCUT2D eigenvalue weighted by Crippen LogP contribution is 2.24. The fourth-order valence-corrected chi connectivity index (χ4v) is 4.03. The summed E-state index contributed by atoms with van der Waals surface area (Å²) < 4.78 is 38.7. The topological polar surface area (TPSA) is 80.5 Å². The Labute approximate surface area is 117 Å². The Morgan fingerprint density at radius 2 is 2.00 bits per heavy atom. The number of nitrogens with two attached hydrogens (primary N) is 1. The van der Waals surface area contributed by atoms with Crippen molar-refractivity contribution in [1.29, 1.82) is 0 Å². The van der Waals surface area contributed by atoms with Crippen LogP contribution in [0.4, 0.5) is 4.39 Å². The monoisotopic (exact) mass is 300 g/mol. The Morgan fingerprint density at radius 3 is 2.60 bits per heavy atom. The molecule has 1 aliphatic rings. The lowest BCUT2D eigenvalue weighted by Crippen LogP contribution is -2.44. The molecule has 2 atom stereocenters. The molecule has 7 heteroatoms. The van der Waals surface area contributed by atoms with Crippen LogP contribution >= 0.6 is 0 Å². The first-order valence-electron chi connectivity index (χ1n) is 6.37. The van der Waals surface area contributed by atoms with Crippen LogP contribution in [0.2, 0.25) is 0 Å². The molecule has 1 aromatic rings. The number of alkyl halides is 1. The number of aryl methyl sites for hydroxylation is 1. The molecular formula is C13H17FN2O3S. The standard InChI is InChI=1S/C13H17FN2O3S/c14-11-8-12(13(15)17)16(9-11)20(18,19)7-6-10-4-2-1-3-5-10/h1-5,11-12H,6-9H2,(H2,15,17)/t11-,12+/m1/s1. The highest BCUT2D eigenvalue weighted by atomic mass is 32.2. The quantitative estimate of drug-likeness (QED) is 0.857. The third-order valence-corrected chi connectivity index (χ3v) is 5.22. The normalized spacial score (nSPS) is 23.9. The third kappa shape index (κ3) is 3.34. The summed E-state index contributed by atoms with van der Waals surface area (Å²) in [4.78, 5) is 11.2. The predicted octanol–water partition coefficient (Wildman–Crippen LogP) is 0.457. The second kappa shape index (κ2) is 5.88. The van der Waals surface area contributed by atoms with Crippen molar-refractivity contribution in [3.8, 4) is 0 Å². The molecule has 0 bridgehead atoms. The average Bonchev–Trinajstić information content (AvgIpc) is 2.81. The number of halogens is 1. The Kier molecular flexibility index (Phi) is 4.39. The number of benzene rings is 1. The van der Waals surface area contributed by atoms with E-state index in [-0.39, 0.29) is 18.7 Å². The summed E-state index contributed by atoms with van der Waals surface area (Å²) in [5.41, 5.74) is 6.02. The van der Waals surface area contributed by atoms with Crippen molar-refractivity contribution in [3.05, 3.63) is 35.9 Å². The van der Waals surface area contributed by atoms with Crippen molar-refractivity contribution >= 4 is 15.9 Å². The van der Waals surface area contributed by atoms with Crippen molar-refractivity contribution in [3.63, 3.8) is 0 Å². The van der Waals surface area contributed by atoms with Gasteiger partial charge < -0.3 is 5.73 Å². The van der Waals surface area contributed by atoms with E-state index in [1.54, 1.807) is 0 Å². The van der Waals surface area contributed by atoms with Gasteiger partial charge in [0.2, 0.25) is 15.9 Å². The summed E-state index contributed by atoms with van der Waals surface area (Å²) in [7, 11) is -3.69. The zero-order valence-electron chi connectivity index (χ0n) is 10.9. The largest absolute Gasteiger partial charge is 0.368 e. The molecule has 1 fully saturated rings. The van der Waals surface area contributed by atoms with Crippen molar-refractivity contribution in [2.75, 3.05) is 12.3 Å². The Bertz CT molecular complexity index is 577. The highest BCUT2D eigenvalue weighted by molar-refractivity contribution is 7.89. The Balaban J connectivity index is 2.08. The number of rotatable bonds is 5. The number of hydrogen-bond donors (Lipinski definition) is 1. The molecule has 1 saturated heterocycles. The number of carbonyl (C=O) groups excluding carboxylic acids is 1. The SMILES string of the molecule is NC(=O)[C@@H]1C[C@@H](F)CN1S(=O)(=O)CCc1ccccc1. The van der Waals surface area contributed by atoms with Crippen LogP contribution in [-0.2, 0) is 21.2 Å².